The van der Waals surface area contributed by atoms with Gasteiger partial charge in [0.15, 0.2) is 0 Å². The maximum atomic E-state index is 8.45. The van der Waals surface area contributed by atoms with E-state index in [0.29, 0.717) is 18.5 Å². The van der Waals surface area contributed by atoms with Gasteiger partial charge < -0.3 is 5.73 Å². The zero-order valence-corrected chi connectivity index (χ0v) is 6.95. The third kappa shape index (κ3) is 2.18. The van der Waals surface area contributed by atoms with Crippen molar-refractivity contribution in [2.24, 2.45) is 5.73 Å². The van der Waals surface area contributed by atoms with Crippen molar-refractivity contribution in [3.05, 3.63) is 0 Å². The van der Waals surface area contributed by atoms with E-state index in [-0.39, 0.29) is 0 Å². The smallest absolute Gasteiger partial charge is 0.0638 e. The molecule has 0 bridgehead atoms. The number of likely N-dealkylation sites (tertiary alicyclic amines) is 1. The summed E-state index contributed by atoms with van der Waals surface area (Å²) in [6.07, 6.45) is 1.70. The van der Waals surface area contributed by atoms with Gasteiger partial charge in [-0.3, -0.25) is 4.90 Å². The second-order valence-electron chi connectivity index (χ2n) is 3.25. The average molecular weight is 153 g/mol. The van der Waals surface area contributed by atoms with Gasteiger partial charge in [-0.25, -0.2) is 0 Å². The lowest BCUT2D eigenvalue weighted by Gasteiger charge is -2.21. The van der Waals surface area contributed by atoms with Crippen LogP contribution in [-0.4, -0.2) is 30.1 Å². The van der Waals surface area contributed by atoms with Crippen molar-refractivity contribution in [3.8, 4) is 6.07 Å². The van der Waals surface area contributed by atoms with Crippen LogP contribution in [0.5, 0.6) is 0 Å². The van der Waals surface area contributed by atoms with E-state index in [0.717, 1.165) is 19.5 Å². The Morgan fingerprint density at radius 1 is 1.82 bits per heavy atom. The minimum Gasteiger partial charge on any atom is -0.326 e. The molecule has 0 aliphatic carbocycles. The molecule has 1 saturated heterocycles. The highest BCUT2D eigenvalue weighted by Crippen LogP contribution is 2.12. The standard InChI is InChI=1S/C8H15N3/c1-7(2-4-9)11-5-3-8(10)6-11/h7-8H,2-3,5-6,10H2,1H3/t7?,8-/m1/s1. The first-order valence-corrected chi connectivity index (χ1v) is 4.10. The molecule has 1 heterocycles. The van der Waals surface area contributed by atoms with E-state index in [1.54, 1.807) is 0 Å². The van der Waals surface area contributed by atoms with Gasteiger partial charge in [0.05, 0.1) is 12.5 Å². The predicted molar refractivity (Wildman–Crippen MR) is 43.9 cm³/mol. The van der Waals surface area contributed by atoms with E-state index in [1.807, 2.05) is 0 Å². The van der Waals surface area contributed by atoms with Crippen molar-refractivity contribution in [3.63, 3.8) is 0 Å². The normalized spacial score (nSPS) is 28.3. The molecule has 0 aromatic carbocycles. The van der Waals surface area contributed by atoms with Crippen LogP contribution in [0.15, 0.2) is 0 Å². The lowest BCUT2D eigenvalue weighted by Crippen LogP contribution is -2.33. The van der Waals surface area contributed by atoms with Crippen LogP contribution >= 0.6 is 0 Å². The molecule has 1 fully saturated rings. The minimum atomic E-state index is 0.330. The molecule has 0 spiro atoms. The molecule has 1 rings (SSSR count). The van der Waals surface area contributed by atoms with Crippen LogP contribution in [0.25, 0.3) is 0 Å². The van der Waals surface area contributed by atoms with Gasteiger partial charge >= 0.3 is 0 Å². The molecular weight excluding hydrogens is 138 g/mol. The Balaban J connectivity index is 2.32. The van der Waals surface area contributed by atoms with Crippen LogP contribution in [0.1, 0.15) is 19.8 Å². The fourth-order valence-electron chi connectivity index (χ4n) is 1.48. The predicted octanol–water partition coefficient (Wildman–Crippen LogP) is 0.322. The van der Waals surface area contributed by atoms with Crippen molar-refractivity contribution in [2.75, 3.05) is 13.1 Å². The first-order chi connectivity index (χ1) is 5.24. The number of hydrogen-bond acceptors (Lipinski definition) is 3. The molecule has 0 amide bonds. The van der Waals surface area contributed by atoms with Gasteiger partial charge in [-0.05, 0) is 13.3 Å². The highest BCUT2D eigenvalue weighted by atomic mass is 15.2. The molecule has 3 heteroatoms. The maximum absolute atomic E-state index is 8.45. The van der Waals surface area contributed by atoms with Gasteiger partial charge in [0, 0.05) is 25.2 Å². The Labute approximate surface area is 67.8 Å². The number of nitriles is 1. The topological polar surface area (TPSA) is 53.0 Å². The average Bonchev–Trinajstić information content (AvgIpc) is 2.36. The van der Waals surface area contributed by atoms with E-state index in [4.69, 9.17) is 11.0 Å². The zero-order chi connectivity index (χ0) is 8.27. The lowest BCUT2D eigenvalue weighted by atomic mass is 10.2. The molecule has 11 heavy (non-hydrogen) atoms. The lowest BCUT2D eigenvalue weighted by molar-refractivity contribution is 0.259. The largest absolute Gasteiger partial charge is 0.326 e. The number of nitrogens with zero attached hydrogens (tertiary/aromatic N) is 2. The van der Waals surface area contributed by atoms with Crippen molar-refractivity contribution < 1.29 is 0 Å². The fraction of sp³-hybridized carbons (Fsp3) is 0.875. The summed E-state index contributed by atoms with van der Waals surface area (Å²) in [7, 11) is 0. The second kappa shape index (κ2) is 3.70. The summed E-state index contributed by atoms with van der Waals surface area (Å²) in [5, 5.41) is 8.45. The summed E-state index contributed by atoms with van der Waals surface area (Å²) in [4.78, 5) is 2.29. The molecule has 0 aromatic rings. The zero-order valence-electron chi connectivity index (χ0n) is 6.95. The van der Waals surface area contributed by atoms with Crippen LogP contribution in [0.2, 0.25) is 0 Å². The molecule has 62 valence electrons. The first kappa shape index (κ1) is 8.51. The number of nitrogens with two attached hydrogens (primary N) is 1. The summed E-state index contributed by atoms with van der Waals surface area (Å²) in [5.74, 6) is 0. The quantitative estimate of drug-likeness (QED) is 0.621. The third-order valence-electron chi connectivity index (χ3n) is 2.27. The first-order valence-electron chi connectivity index (χ1n) is 4.10. The second-order valence-corrected chi connectivity index (χ2v) is 3.25. The SMILES string of the molecule is CC(CC#N)N1CC[C@@H](N)C1. The minimum absolute atomic E-state index is 0.330. The van der Waals surface area contributed by atoms with Gasteiger partial charge in [0.25, 0.3) is 0 Å². The molecule has 0 saturated carbocycles. The van der Waals surface area contributed by atoms with Crippen molar-refractivity contribution >= 4 is 0 Å². The van der Waals surface area contributed by atoms with Crippen molar-refractivity contribution in [1.29, 1.82) is 5.26 Å². The number of rotatable bonds is 2. The Morgan fingerprint density at radius 3 is 3.00 bits per heavy atom. The van der Waals surface area contributed by atoms with Crippen molar-refractivity contribution in [1.82, 2.24) is 4.90 Å². The van der Waals surface area contributed by atoms with Gasteiger partial charge in [-0.2, -0.15) is 5.26 Å². The van der Waals surface area contributed by atoms with E-state index in [9.17, 15) is 0 Å². The molecule has 0 radical (unpaired) electrons. The maximum Gasteiger partial charge on any atom is 0.0638 e. The van der Waals surface area contributed by atoms with Gasteiger partial charge in [-0.1, -0.05) is 0 Å². The van der Waals surface area contributed by atoms with Gasteiger partial charge in [0.1, 0.15) is 0 Å². The van der Waals surface area contributed by atoms with Crippen LogP contribution in [0.4, 0.5) is 0 Å². The summed E-state index contributed by atoms with van der Waals surface area (Å²) < 4.78 is 0. The molecule has 1 aliphatic rings. The molecule has 0 aromatic heterocycles. The van der Waals surface area contributed by atoms with E-state index < -0.39 is 0 Å². The summed E-state index contributed by atoms with van der Waals surface area (Å²) in [5.41, 5.74) is 5.73. The Hall–Kier alpha value is -0.590. The number of hydrogen-bond donors (Lipinski definition) is 1. The third-order valence-corrected chi connectivity index (χ3v) is 2.27. The molecule has 1 aliphatic heterocycles. The van der Waals surface area contributed by atoms with Crippen LogP contribution in [0.3, 0.4) is 0 Å². The molecule has 2 atom stereocenters. The molecule has 1 unspecified atom stereocenters. The summed E-state index contributed by atoms with van der Waals surface area (Å²) in [6.45, 7) is 4.11. The highest BCUT2D eigenvalue weighted by Gasteiger charge is 2.22. The van der Waals surface area contributed by atoms with Crippen LogP contribution in [-0.2, 0) is 0 Å². The summed E-state index contributed by atoms with van der Waals surface area (Å²) >= 11 is 0. The van der Waals surface area contributed by atoms with Crippen molar-refractivity contribution in [2.45, 2.75) is 31.8 Å². The van der Waals surface area contributed by atoms with Crippen LogP contribution < -0.4 is 5.73 Å². The Morgan fingerprint density at radius 2 is 2.55 bits per heavy atom. The van der Waals surface area contributed by atoms with Crippen LogP contribution in [0, 0.1) is 11.3 Å². The van der Waals surface area contributed by atoms with Gasteiger partial charge in [0.2, 0.25) is 0 Å². The molecule has 2 N–H and O–H groups in total. The van der Waals surface area contributed by atoms with E-state index >= 15 is 0 Å². The Bertz CT molecular complexity index is 161. The van der Waals surface area contributed by atoms with Gasteiger partial charge in [-0.15, -0.1) is 0 Å². The summed E-state index contributed by atoms with van der Waals surface area (Å²) in [6, 6.07) is 2.89. The molecule has 3 nitrogen and oxygen atoms in total. The van der Waals surface area contributed by atoms with E-state index in [1.165, 1.54) is 0 Å². The highest BCUT2D eigenvalue weighted by molar-refractivity contribution is 4.86. The monoisotopic (exact) mass is 153 g/mol. The molecular formula is C8H15N3. The van der Waals surface area contributed by atoms with E-state index in [2.05, 4.69) is 17.9 Å². The fourth-order valence-corrected chi connectivity index (χ4v) is 1.48. The Kier molecular flexibility index (Phi) is 2.86.